The fourth-order valence-electron chi connectivity index (χ4n) is 3.48. The summed E-state index contributed by atoms with van der Waals surface area (Å²) < 4.78 is 11.0. The molecule has 0 aliphatic heterocycles. The van der Waals surface area contributed by atoms with Crippen LogP contribution in [0.5, 0.6) is 11.5 Å². The summed E-state index contributed by atoms with van der Waals surface area (Å²) in [5.41, 5.74) is 2.62. The second-order valence-corrected chi connectivity index (χ2v) is 6.65. The second kappa shape index (κ2) is 9.36. The topological polar surface area (TPSA) is 18.5 Å². The zero-order chi connectivity index (χ0) is 17.4. The molecule has 0 aromatic heterocycles. The first-order chi connectivity index (χ1) is 11.7. The van der Waals surface area contributed by atoms with Crippen molar-refractivity contribution in [3.05, 3.63) is 59.7 Å². The fourth-order valence-corrected chi connectivity index (χ4v) is 3.48. The van der Waals surface area contributed by atoms with Crippen LogP contribution < -0.4 is 9.47 Å². The van der Waals surface area contributed by atoms with Gasteiger partial charge in [0.05, 0.1) is 14.2 Å². The molecule has 0 aliphatic carbocycles. The molecular weight excluding hydrogens is 296 g/mol. The number of para-hydroxylation sites is 2. The molecule has 2 aromatic carbocycles. The Bertz CT molecular complexity index is 621. The third-order valence-electron chi connectivity index (χ3n) is 4.78. The lowest BCUT2D eigenvalue weighted by molar-refractivity contribution is 0.359. The van der Waals surface area contributed by atoms with E-state index >= 15 is 0 Å². The molecule has 2 rings (SSSR count). The van der Waals surface area contributed by atoms with Gasteiger partial charge in [0.2, 0.25) is 0 Å². The maximum atomic E-state index is 5.51. The molecule has 0 unspecified atom stereocenters. The number of methoxy groups -OCH3 is 2. The van der Waals surface area contributed by atoms with E-state index in [4.69, 9.17) is 9.47 Å². The summed E-state index contributed by atoms with van der Waals surface area (Å²) in [7, 11) is 3.50. The predicted molar refractivity (Wildman–Crippen MR) is 101 cm³/mol. The van der Waals surface area contributed by atoms with E-state index in [0.717, 1.165) is 24.3 Å². The molecule has 2 aromatic rings. The van der Waals surface area contributed by atoms with Crippen molar-refractivity contribution >= 4 is 0 Å². The van der Waals surface area contributed by atoms with Gasteiger partial charge in [0, 0.05) is 0 Å². The van der Waals surface area contributed by atoms with Gasteiger partial charge >= 0.3 is 0 Å². The minimum atomic E-state index is 0.626. The maximum absolute atomic E-state index is 5.51. The normalized spacial score (nSPS) is 13.3. The second-order valence-electron chi connectivity index (χ2n) is 6.65. The van der Waals surface area contributed by atoms with Gasteiger partial charge in [0.1, 0.15) is 11.5 Å². The van der Waals surface area contributed by atoms with Crippen molar-refractivity contribution in [2.45, 2.75) is 39.5 Å². The van der Waals surface area contributed by atoms with E-state index in [1.807, 2.05) is 18.2 Å². The number of hydrogen-bond donors (Lipinski definition) is 0. The molecule has 0 N–H and O–H groups in total. The summed E-state index contributed by atoms with van der Waals surface area (Å²) in [6.07, 6.45) is 4.55. The highest BCUT2D eigenvalue weighted by molar-refractivity contribution is 5.34. The Morgan fingerprint density at radius 3 is 1.79 bits per heavy atom. The summed E-state index contributed by atoms with van der Waals surface area (Å²) in [6.45, 7) is 4.63. The quantitative estimate of drug-likeness (QED) is 0.602. The third-order valence-corrected chi connectivity index (χ3v) is 4.78. The summed E-state index contributed by atoms with van der Waals surface area (Å²) >= 11 is 0. The van der Waals surface area contributed by atoms with Gasteiger partial charge in [-0.1, -0.05) is 56.7 Å². The van der Waals surface area contributed by atoms with Gasteiger partial charge in [0.15, 0.2) is 0 Å². The summed E-state index contributed by atoms with van der Waals surface area (Å²) in [4.78, 5) is 0. The molecule has 0 saturated heterocycles. The van der Waals surface area contributed by atoms with Crippen molar-refractivity contribution in [3.8, 4) is 11.5 Å². The number of benzene rings is 2. The van der Waals surface area contributed by atoms with Crippen LogP contribution in [0.3, 0.4) is 0 Å². The average Bonchev–Trinajstić information content (AvgIpc) is 2.62. The Hall–Kier alpha value is -1.96. The molecule has 0 aliphatic rings. The molecule has 2 heteroatoms. The van der Waals surface area contributed by atoms with Crippen LogP contribution in [0.2, 0.25) is 0 Å². The SMILES string of the molecule is CC[C@@H](Cc1ccccc1OC)C[C@@H](C)Cc1ccccc1OC. The van der Waals surface area contributed by atoms with E-state index < -0.39 is 0 Å². The van der Waals surface area contributed by atoms with Gasteiger partial charge in [-0.05, 0) is 54.4 Å². The van der Waals surface area contributed by atoms with Crippen molar-refractivity contribution in [2.75, 3.05) is 14.2 Å². The third kappa shape index (κ3) is 5.02. The fraction of sp³-hybridized carbons (Fsp3) is 0.455. The summed E-state index contributed by atoms with van der Waals surface area (Å²) in [6, 6.07) is 16.7. The minimum Gasteiger partial charge on any atom is -0.496 e. The van der Waals surface area contributed by atoms with Gasteiger partial charge < -0.3 is 9.47 Å². The Morgan fingerprint density at radius 1 is 0.792 bits per heavy atom. The number of hydrogen-bond acceptors (Lipinski definition) is 2. The largest absolute Gasteiger partial charge is 0.496 e. The Balaban J connectivity index is 1.99. The van der Waals surface area contributed by atoms with Gasteiger partial charge in [-0.25, -0.2) is 0 Å². The van der Waals surface area contributed by atoms with Crippen molar-refractivity contribution < 1.29 is 9.47 Å². The molecule has 0 heterocycles. The van der Waals surface area contributed by atoms with Crippen molar-refractivity contribution in [1.82, 2.24) is 0 Å². The summed E-state index contributed by atoms with van der Waals surface area (Å²) in [5, 5.41) is 0. The number of ether oxygens (including phenoxy) is 2. The van der Waals surface area contributed by atoms with E-state index in [1.165, 1.54) is 24.0 Å². The molecule has 0 bridgehead atoms. The van der Waals surface area contributed by atoms with Crippen LogP contribution in [0.25, 0.3) is 0 Å². The van der Waals surface area contributed by atoms with Crippen LogP contribution >= 0.6 is 0 Å². The lowest BCUT2D eigenvalue weighted by Gasteiger charge is -2.21. The van der Waals surface area contributed by atoms with E-state index in [1.54, 1.807) is 14.2 Å². The zero-order valence-electron chi connectivity index (χ0n) is 15.4. The lowest BCUT2D eigenvalue weighted by atomic mass is 9.85. The Kier molecular flexibility index (Phi) is 7.17. The van der Waals surface area contributed by atoms with E-state index in [9.17, 15) is 0 Å². The molecule has 0 amide bonds. The Morgan fingerprint density at radius 2 is 1.29 bits per heavy atom. The molecular formula is C22H30O2. The van der Waals surface area contributed by atoms with Crippen LogP contribution in [-0.2, 0) is 12.8 Å². The molecule has 2 atom stereocenters. The van der Waals surface area contributed by atoms with E-state index in [0.29, 0.717) is 11.8 Å². The average molecular weight is 326 g/mol. The van der Waals surface area contributed by atoms with E-state index in [-0.39, 0.29) is 0 Å². The van der Waals surface area contributed by atoms with Crippen LogP contribution in [-0.4, -0.2) is 14.2 Å². The highest BCUT2D eigenvalue weighted by Gasteiger charge is 2.16. The first-order valence-corrected chi connectivity index (χ1v) is 8.91. The predicted octanol–water partition coefficient (Wildman–Crippen LogP) is 5.54. The van der Waals surface area contributed by atoms with Crippen molar-refractivity contribution in [2.24, 2.45) is 11.8 Å². The molecule has 2 nitrogen and oxygen atoms in total. The number of rotatable bonds is 9. The van der Waals surface area contributed by atoms with Gasteiger partial charge in [0.25, 0.3) is 0 Å². The molecule has 0 fully saturated rings. The van der Waals surface area contributed by atoms with Crippen LogP contribution in [0.15, 0.2) is 48.5 Å². The highest BCUT2D eigenvalue weighted by atomic mass is 16.5. The maximum Gasteiger partial charge on any atom is 0.122 e. The van der Waals surface area contributed by atoms with Crippen LogP contribution in [0.1, 0.15) is 37.8 Å². The molecule has 130 valence electrons. The standard InChI is InChI=1S/C22H30O2/c1-5-18(16-20-11-7-9-13-22(20)24-4)14-17(2)15-19-10-6-8-12-21(19)23-3/h6-13,17-18H,5,14-16H2,1-4H3/t17-,18-/m1/s1. The van der Waals surface area contributed by atoms with Gasteiger partial charge in [-0.2, -0.15) is 0 Å². The van der Waals surface area contributed by atoms with Crippen LogP contribution in [0.4, 0.5) is 0 Å². The molecule has 0 saturated carbocycles. The minimum absolute atomic E-state index is 0.626. The van der Waals surface area contributed by atoms with E-state index in [2.05, 4.69) is 44.2 Å². The van der Waals surface area contributed by atoms with Crippen molar-refractivity contribution in [3.63, 3.8) is 0 Å². The molecule has 0 spiro atoms. The first-order valence-electron chi connectivity index (χ1n) is 8.91. The molecule has 24 heavy (non-hydrogen) atoms. The van der Waals surface area contributed by atoms with Gasteiger partial charge in [-0.3, -0.25) is 0 Å². The summed E-state index contributed by atoms with van der Waals surface area (Å²) in [5.74, 6) is 3.31. The first kappa shape index (κ1) is 18.4. The molecule has 0 radical (unpaired) electrons. The van der Waals surface area contributed by atoms with Gasteiger partial charge in [-0.15, -0.1) is 0 Å². The lowest BCUT2D eigenvalue weighted by Crippen LogP contribution is -2.12. The van der Waals surface area contributed by atoms with Crippen molar-refractivity contribution in [1.29, 1.82) is 0 Å². The smallest absolute Gasteiger partial charge is 0.122 e. The van der Waals surface area contributed by atoms with Crippen LogP contribution in [0, 0.1) is 11.8 Å². The monoisotopic (exact) mass is 326 g/mol. The highest BCUT2D eigenvalue weighted by Crippen LogP contribution is 2.29. The Labute approximate surface area is 146 Å². The zero-order valence-corrected chi connectivity index (χ0v) is 15.4.